The lowest BCUT2D eigenvalue weighted by atomic mass is 10.3. The largest absolute Gasteiger partial charge is 0.457 e. The molecule has 0 aliphatic heterocycles. The van der Waals surface area contributed by atoms with Crippen molar-refractivity contribution < 1.29 is 9.47 Å². The summed E-state index contributed by atoms with van der Waals surface area (Å²) in [7, 11) is 0. The third-order valence-corrected chi connectivity index (χ3v) is 2.95. The van der Waals surface area contributed by atoms with Crippen molar-refractivity contribution in [2.24, 2.45) is 0 Å². The molecule has 3 nitrogen and oxygen atoms in total. The molecule has 0 fully saturated rings. The number of para-hydroxylation sites is 3. The molecular formula is C18H15NO2. The number of hydrogen-bond donors (Lipinski definition) is 1. The highest BCUT2D eigenvalue weighted by atomic mass is 16.5. The number of nitrogens with two attached hydrogens (primary N) is 1. The molecular weight excluding hydrogens is 262 g/mol. The normalized spacial score (nSPS) is 10.1. The van der Waals surface area contributed by atoms with Gasteiger partial charge in [-0.1, -0.05) is 30.3 Å². The van der Waals surface area contributed by atoms with Crippen molar-refractivity contribution >= 4 is 5.69 Å². The van der Waals surface area contributed by atoms with E-state index in [2.05, 4.69) is 0 Å². The van der Waals surface area contributed by atoms with Crippen LogP contribution in [0.15, 0.2) is 78.9 Å². The van der Waals surface area contributed by atoms with Gasteiger partial charge in [-0.15, -0.1) is 0 Å². The van der Waals surface area contributed by atoms with Crippen LogP contribution < -0.4 is 15.2 Å². The summed E-state index contributed by atoms with van der Waals surface area (Å²) >= 11 is 0. The van der Waals surface area contributed by atoms with Crippen LogP contribution in [0, 0.1) is 0 Å². The van der Waals surface area contributed by atoms with E-state index in [1.165, 1.54) is 0 Å². The molecule has 0 radical (unpaired) electrons. The average Bonchev–Trinajstić information content (AvgIpc) is 2.52. The molecule has 3 heteroatoms. The summed E-state index contributed by atoms with van der Waals surface area (Å²) in [5.74, 6) is 2.93. The highest BCUT2D eigenvalue weighted by molar-refractivity contribution is 5.53. The summed E-state index contributed by atoms with van der Waals surface area (Å²) in [6.45, 7) is 0. The van der Waals surface area contributed by atoms with E-state index in [-0.39, 0.29) is 0 Å². The Labute approximate surface area is 123 Å². The molecule has 0 spiro atoms. The van der Waals surface area contributed by atoms with Gasteiger partial charge in [0.25, 0.3) is 0 Å². The van der Waals surface area contributed by atoms with Crippen molar-refractivity contribution in [3.63, 3.8) is 0 Å². The number of ether oxygens (including phenoxy) is 2. The van der Waals surface area contributed by atoms with Crippen LogP contribution in [-0.2, 0) is 0 Å². The Morgan fingerprint density at radius 1 is 0.524 bits per heavy atom. The van der Waals surface area contributed by atoms with Crippen LogP contribution in [0.5, 0.6) is 23.0 Å². The zero-order valence-corrected chi connectivity index (χ0v) is 11.4. The molecule has 0 unspecified atom stereocenters. The standard InChI is InChI=1S/C18H15NO2/c19-17-8-4-5-9-18(17)21-16-12-10-15(11-13-16)20-14-6-2-1-3-7-14/h1-13H,19H2. The molecule has 0 aliphatic rings. The van der Waals surface area contributed by atoms with E-state index in [0.29, 0.717) is 17.2 Å². The molecule has 3 rings (SSSR count). The van der Waals surface area contributed by atoms with Crippen molar-refractivity contribution in [1.82, 2.24) is 0 Å². The summed E-state index contributed by atoms with van der Waals surface area (Å²) in [5.41, 5.74) is 6.46. The van der Waals surface area contributed by atoms with E-state index in [9.17, 15) is 0 Å². The van der Waals surface area contributed by atoms with Gasteiger partial charge >= 0.3 is 0 Å². The van der Waals surface area contributed by atoms with Crippen LogP contribution in [0.2, 0.25) is 0 Å². The fraction of sp³-hybridized carbons (Fsp3) is 0. The van der Waals surface area contributed by atoms with Gasteiger partial charge in [0.15, 0.2) is 0 Å². The van der Waals surface area contributed by atoms with Gasteiger partial charge in [-0.2, -0.15) is 0 Å². The molecule has 0 saturated heterocycles. The highest BCUT2D eigenvalue weighted by Gasteiger charge is 2.02. The molecule has 3 aromatic carbocycles. The molecule has 3 aromatic rings. The van der Waals surface area contributed by atoms with Crippen LogP contribution >= 0.6 is 0 Å². The number of anilines is 1. The van der Waals surface area contributed by atoms with Gasteiger partial charge in [0.05, 0.1) is 5.69 Å². The van der Waals surface area contributed by atoms with Gasteiger partial charge in [0.2, 0.25) is 0 Å². The topological polar surface area (TPSA) is 44.5 Å². The third-order valence-electron chi connectivity index (χ3n) is 2.95. The van der Waals surface area contributed by atoms with Crippen molar-refractivity contribution in [2.75, 3.05) is 5.73 Å². The van der Waals surface area contributed by atoms with Gasteiger partial charge in [0.1, 0.15) is 23.0 Å². The molecule has 0 aliphatic carbocycles. The molecule has 0 atom stereocenters. The van der Waals surface area contributed by atoms with Crippen molar-refractivity contribution in [2.45, 2.75) is 0 Å². The predicted molar refractivity (Wildman–Crippen MR) is 83.9 cm³/mol. The first-order valence-corrected chi connectivity index (χ1v) is 6.66. The van der Waals surface area contributed by atoms with Crippen LogP contribution in [0.1, 0.15) is 0 Å². The van der Waals surface area contributed by atoms with Crippen molar-refractivity contribution in [3.8, 4) is 23.0 Å². The number of benzene rings is 3. The Bertz CT molecular complexity index is 709. The summed E-state index contributed by atoms with van der Waals surface area (Å²) in [6, 6.07) is 24.5. The minimum Gasteiger partial charge on any atom is -0.457 e. The maximum Gasteiger partial charge on any atom is 0.150 e. The maximum absolute atomic E-state index is 5.85. The van der Waals surface area contributed by atoms with Gasteiger partial charge in [-0.3, -0.25) is 0 Å². The van der Waals surface area contributed by atoms with Gasteiger partial charge in [0, 0.05) is 0 Å². The van der Waals surface area contributed by atoms with Crippen LogP contribution in [0.3, 0.4) is 0 Å². The fourth-order valence-corrected chi connectivity index (χ4v) is 1.90. The van der Waals surface area contributed by atoms with E-state index in [4.69, 9.17) is 15.2 Å². The molecule has 104 valence electrons. The Morgan fingerprint density at radius 3 is 1.71 bits per heavy atom. The Hall–Kier alpha value is -2.94. The first kappa shape index (κ1) is 13.1. The lowest BCUT2D eigenvalue weighted by molar-refractivity contribution is 0.470. The number of nitrogen functional groups attached to an aromatic ring is 1. The van der Waals surface area contributed by atoms with Crippen LogP contribution in [-0.4, -0.2) is 0 Å². The van der Waals surface area contributed by atoms with Crippen molar-refractivity contribution in [3.05, 3.63) is 78.9 Å². The highest BCUT2D eigenvalue weighted by Crippen LogP contribution is 2.29. The summed E-state index contributed by atoms with van der Waals surface area (Å²) in [5, 5.41) is 0. The SMILES string of the molecule is Nc1ccccc1Oc1ccc(Oc2ccccc2)cc1. The molecule has 0 heterocycles. The average molecular weight is 277 g/mol. The van der Waals surface area contributed by atoms with Gasteiger partial charge in [-0.25, -0.2) is 0 Å². The molecule has 0 amide bonds. The van der Waals surface area contributed by atoms with E-state index < -0.39 is 0 Å². The molecule has 0 saturated carbocycles. The second-order valence-electron chi connectivity index (χ2n) is 4.53. The van der Waals surface area contributed by atoms with Gasteiger partial charge in [-0.05, 0) is 48.5 Å². The smallest absolute Gasteiger partial charge is 0.150 e. The van der Waals surface area contributed by atoms with Crippen LogP contribution in [0.25, 0.3) is 0 Å². The number of hydrogen-bond acceptors (Lipinski definition) is 3. The first-order chi connectivity index (χ1) is 10.3. The Balaban J connectivity index is 1.71. The Morgan fingerprint density at radius 2 is 1.05 bits per heavy atom. The molecule has 2 N–H and O–H groups in total. The van der Waals surface area contributed by atoms with E-state index in [1.807, 2.05) is 78.9 Å². The zero-order valence-electron chi connectivity index (χ0n) is 11.4. The molecule has 0 bridgehead atoms. The zero-order chi connectivity index (χ0) is 14.5. The second-order valence-corrected chi connectivity index (χ2v) is 4.53. The fourth-order valence-electron chi connectivity index (χ4n) is 1.90. The summed E-state index contributed by atoms with van der Waals surface area (Å²) in [4.78, 5) is 0. The minimum atomic E-state index is 0.613. The monoisotopic (exact) mass is 277 g/mol. The van der Waals surface area contributed by atoms with E-state index in [0.717, 1.165) is 11.5 Å². The third kappa shape index (κ3) is 3.34. The van der Waals surface area contributed by atoms with Crippen LogP contribution in [0.4, 0.5) is 5.69 Å². The van der Waals surface area contributed by atoms with E-state index in [1.54, 1.807) is 0 Å². The summed E-state index contributed by atoms with van der Waals surface area (Å²) in [6.07, 6.45) is 0. The van der Waals surface area contributed by atoms with E-state index >= 15 is 0 Å². The predicted octanol–water partition coefficient (Wildman–Crippen LogP) is 4.85. The van der Waals surface area contributed by atoms with Gasteiger partial charge < -0.3 is 15.2 Å². The molecule has 0 aromatic heterocycles. The maximum atomic E-state index is 5.85. The van der Waals surface area contributed by atoms with Crippen molar-refractivity contribution in [1.29, 1.82) is 0 Å². The molecule has 21 heavy (non-hydrogen) atoms. The number of rotatable bonds is 4. The quantitative estimate of drug-likeness (QED) is 0.693. The lowest BCUT2D eigenvalue weighted by Crippen LogP contribution is -1.91. The lowest BCUT2D eigenvalue weighted by Gasteiger charge is -2.09. The second kappa shape index (κ2) is 6.01. The Kier molecular flexibility index (Phi) is 3.74. The first-order valence-electron chi connectivity index (χ1n) is 6.66. The minimum absolute atomic E-state index is 0.613. The summed E-state index contributed by atoms with van der Waals surface area (Å²) < 4.78 is 11.5.